The summed E-state index contributed by atoms with van der Waals surface area (Å²) in [4.78, 5) is 4.09. The zero-order chi connectivity index (χ0) is 13.0. The van der Waals surface area contributed by atoms with Crippen LogP contribution < -0.4 is 10.1 Å². The molecule has 3 nitrogen and oxygen atoms in total. The average Bonchev–Trinajstić information content (AvgIpc) is 2.40. The molecule has 0 bridgehead atoms. The predicted octanol–water partition coefficient (Wildman–Crippen LogP) is 3.40. The lowest BCUT2D eigenvalue weighted by Crippen LogP contribution is -2.08. The van der Waals surface area contributed by atoms with Crippen molar-refractivity contribution in [1.82, 2.24) is 4.98 Å². The summed E-state index contributed by atoms with van der Waals surface area (Å²) in [5.41, 5.74) is 1.46. The second kappa shape index (κ2) is 5.49. The number of hydrogen-bond donors (Lipinski definition) is 1. The molecule has 0 saturated heterocycles. The van der Waals surface area contributed by atoms with Gasteiger partial charge < -0.3 is 10.1 Å². The van der Waals surface area contributed by atoms with Crippen LogP contribution >= 0.6 is 0 Å². The smallest absolute Gasteiger partial charge is 0.213 e. The maximum atomic E-state index is 13.6. The molecule has 1 aromatic carbocycles. The molecule has 0 spiro atoms. The van der Waals surface area contributed by atoms with Crippen molar-refractivity contribution in [3.05, 3.63) is 54.0 Å². The van der Waals surface area contributed by atoms with Crippen molar-refractivity contribution >= 4 is 5.69 Å². The molecular weight excluding hydrogens is 231 g/mol. The molecule has 4 heteroatoms. The van der Waals surface area contributed by atoms with E-state index in [9.17, 15) is 4.39 Å². The predicted molar refractivity (Wildman–Crippen MR) is 69.2 cm³/mol. The van der Waals surface area contributed by atoms with Gasteiger partial charge >= 0.3 is 0 Å². The first-order chi connectivity index (χ1) is 8.70. The lowest BCUT2D eigenvalue weighted by atomic mass is 10.1. The van der Waals surface area contributed by atoms with Crippen LogP contribution in [0.2, 0.25) is 0 Å². The fourth-order valence-electron chi connectivity index (χ4n) is 1.74. The number of anilines is 1. The Kier molecular flexibility index (Phi) is 3.77. The van der Waals surface area contributed by atoms with E-state index >= 15 is 0 Å². The van der Waals surface area contributed by atoms with Crippen LogP contribution in [0, 0.1) is 5.82 Å². The van der Waals surface area contributed by atoms with Gasteiger partial charge in [-0.15, -0.1) is 0 Å². The number of halogens is 1. The fraction of sp³-hybridized carbons (Fsp3) is 0.214. The van der Waals surface area contributed by atoms with Gasteiger partial charge in [-0.2, -0.15) is 0 Å². The molecule has 2 aromatic rings. The van der Waals surface area contributed by atoms with E-state index in [0.717, 1.165) is 5.69 Å². The number of benzene rings is 1. The highest BCUT2D eigenvalue weighted by atomic mass is 19.1. The van der Waals surface area contributed by atoms with Crippen LogP contribution in [0.1, 0.15) is 18.5 Å². The number of methoxy groups -OCH3 is 1. The Labute approximate surface area is 106 Å². The quantitative estimate of drug-likeness (QED) is 0.897. The zero-order valence-electron chi connectivity index (χ0n) is 10.4. The first kappa shape index (κ1) is 12.4. The van der Waals surface area contributed by atoms with Gasteiger partial charge in [-0.25, -0.2) is 9.37 Å². The highest BCUT2D eigenvalue weighted by Gasteiger charge is 2.09. The maximum absolute atomic E-state index is 13.6. The first-order valence-corrected chi connectivity index (χ1v) is 5.71. The molecule has 0 amide bonds. The van der Waals surface area contributed by atoms with Crippen molar-refractivity contribution in [1.29, 1.82) is 0 Å². The number of hydrogen-bond acceptors (Lipinski definition) is 3. The largest absolute Gasteiger partial charge is 0.481 e. The Balaban J connectivity index is 2.11. The third-order valence-corrected chi connectivity index (χ3v) is 2.70. The normalized spacial score (nSPS) is 11.9. The summed E-state index contributed by atoms with van der Waals surface area (Å²) in [5, 5.41) is 3.19. The van der Waals surface area contributed by atoms with E-state index in [2.05, 4.69) is 10.3 Å². The second-order valence-corrected chi connectivity index (χ2v) is 3.98. The molecule has 0 fully saturated rings. The Hall–Kier alpha value is -2.10. The van der Waals surface area contributed by atoms with Crippen molar-refractivity contribution in [3.8, 4) is 5.88 Å². The minimum atomic E-state index is -0.209. The van der Waals surface area contributed by atoms with Crippen LogP contribution in [0.3, 0.4) is 0 Å². The summed E-state index contributed by atoms with van der Waals surface area (Å²) in [6, 6.07) is 10.2. The molecule has 0 aliphatic carbocycles. The monoisotopic (exact) mass is 246 g/mol. The van der Waals surface area contributed by atoms with Crippen LogP contribution in [0.5, 0.6) is 5.88 Å². The molecule has 0 saturated carbocycles. The van der Waals surface area contributed by atoms with Gasteiger partial charge in [-0.1, -0.05) is 18.2 Å². The molecule has 1 aromatic heterocycles. The highest BCUT2D eigenvalue weighted by molar-refractivity contribution is 5.44. The Morgan fingerprint density at radius 2 is 2.00 bits per heavy atom. The summed E-state index contributed by atoms with van der Waals surface area (Å²) in [7, 11) is 1.57. The molecule has 1 N–H and O–H groups in total. The van der Waals surface area contributed by atoms with Gasteiger partial charge in [0, 0.05) is 11.6 Å². The van der Waals surface area contributed by atoms with Crippen LogP contribution in [0.25, 0.3) is 0 Å². The second-order valence-electron chi connectivity index (χ2n) is 3.98. The molecule has 1 unspecified atom stereocenters. The molecule has 0 aliphatic heterocycles. The van der Waals surface area contributed by atoms with E-state index in [1.807, 2.05) is 19.1 Å². The molecule has 0 aliphatic rings. The summed E-state index contributed by atoms with van der Waals surface area (Å²) in [5.74, 6) is 0.345. The Morgan fingerprint density at radius 1 is 1.22 bits per heavy atom. The molecular formula is C14H15FN2O. The van der Waals surface area contributed by atoms with E-state index in [1.165, 1.54) is 6.07 Å². The minimum Gasteiger partial charge on any atom is -0.481 e. The van der Waals surface area contributed by atoms with Crippen molar-refractivity contribution < 1.29 is 9.13 Å². The summed E-state index contributed by atoms with van der Waals surface area (Å²) in [6.07, 6.45) is 1.66. The fourth-order valence-corrected chi connectivity index (χ4v) is 1.74. The van der Waals surface area contributed by atoms with Crippen LogP contribution in [0.4, 0.5) is 10.1 Å². The molecule has 2 rings (SSSR count). The van der Waals surface area contributed by atoms with Gasteiger partial charge in [0.15, 0.2) is 0 Å². The van der Waals surface area contributed by atoms with Gasteiger partial charge in [-0.3, -0.25) is 0 Å². The zero-order valence-corrected chi connectivity index (χ0v) is 10.4. The van der Waals surface area contributed by atoms with E-state index in [-0.39, 0.29) is 11.9 Å². The third-order valence-electron chi connectivity index (χ3n) is 2.70. The number of nitrogens with one attached hydrogen (secondary N) is 1. The van der Waals surface area contributed by atoms with Gasteiger partial charge in [0.1, 0.15) is 5.82 Å². The standard InChI is InChI=1S/C14H15FN2O/c1-10(12-5-3-4-6-13(12)15)17-11-7-8-14(18-2)16-9-11/h3-10,17H,1-2H3. The lowest BCUT2D eigenvalue weighted by Gasteiger charge is -2.16. The Bertz CT molecular complexity index is 513. The molecule has 18 heavy (non-hydrogen) atoms. The lowest BCUT2D eigenvalue weighted by molar-refractivity contribution is 0.398. The summed E-state index contributed by atoms with van der Waals surface area (Å²) < 4.78 is 18.6. The molecule has 1 atom stereocenters. The van der Waals surface area contributed by atoms with Gasteiger partial charge in [0.2, 0.25) is 5.88 Å². The number of rotatable bonds is 4. The van der Waals surface area contributed by atoms with Gasteiger partial charge in [0.05, 0.1) is 25.0 Å². The number of ether oxygens (including phenoxy) is 1. The van der Waals surface area contributed by atoms with Crippen LogP contribution in [-0.2, 0) is 0 Å². The molecule has 0 radical (unpaired) electrons. The van der Waals surface area contributed by atoms with Crippen LogP contribution in [0.15, 0.2) is 42.6 Å². The number of pyridine rings is 1. The topological polar surface area (TPSA) is 34.1 Å². The van der Waals surface area contributed by atoms with E-state index in [1.54, 1.807) is 31.5 Å². The SMILES string of the molecule is COc1ccc(NC(C)c2ccccc2F)cn1. The summed E-state index contributed by atoms with van der Waals surface area (Å²) >= 11 is 0. The van der Waals surface area contributed by atoms with E-state index in [4.69, 9.17) is 4.74 Å². The molecule has 94 valence electrons. The van der Waals surface area contributed by atoms with Crippen molar-refractivity contribution in [3.63, 3.8) is 0 Å². The average molecular weight is 246 g/mol. The minimum absolute atomic E-state index is 0.124. The highest BCUT2D eigenvalue weighted by Crippen LogP contribution is 2.21. The molecule has 1 heterocycles. The van der Waals surface area contributed by atoms with Crippen molar-refractivity contribution in [2.24, 2.45) is 0 Å². The Morgan fingerprint density at radius 3 is 2.61 bits per heavy atom. The maximum Gasteiger partial charge on any atom is 0.213 e. The van der Waals surface area contributed by atoms with Crippen molar-refractivity contribution in [2.45, 2.75) is 13.0 Å². The number of nitrogens with zero attached hydrogens (tertiary/aromatic N) is 1. The van der Waals surface area contributed by atoms with E-state index in [0.29, 0.717) is 11.4 Å². The number of aromatic nitrogens is 1. The summed E-state index contributed by atoms with van der Waals surface area (Å²) in [6.45, 7) is 1.91. The first-order valence-electron chi connectivity index (χ1n) is 5.71. The van der Waals surface area contributed by atoms with Crippen LogP contribution in [-0.4, -0.2) is 12.1 Å². The van der Waals surface area contributed by atoms with Crippen molar-refractivity contribution in [2.75, 3.05) is 12.4 Å². The van der Waals surface area contributed by atoms with Gasteiger partial charge in [0.25, 0.3) is 0 Å². The van der Waals surface area contributed by atoms with Gasteiger partial charge in [-0.05, 0) is 19.1 Å². The van der Waals surface area contributed by atoms with E-state index < -0.39 is 0 Å². The third kappa shape index (κ3) is 2.77.